The van der Waals surface area contributed by atoms with Crippen LogP contribution in [0.3, 0.4) is 0 Å². The number of aliphatic imine (C=N–C) groups is 1. The first-order chi connectivity index (χ1) is 16.5. The number of piperidine rings is 1. The average molecular weight is 454 g/mol. The molecule has 5 rings (SSSR count). The standard InChI is InChI=1S/C31H39N3/c1-21-16-22(2)20-34(19-21)31-27-13-9-8-12-26(27)18-29(33-31)30(32-4)28-17-25(15-14-23(28)3)24-10-6-5-7-11-24/h8-9,12-15,17-18,21-22,24H,5-7,10-11,16,19-20H2,1-4H3/t21-,22+. The Bertz CT molecular complexity index is 1180. The molecular formula is C31H39N3. The van der Waals surface area contributed by atoms with Gasteiger partial charge in [0.2, 0.25) is 0 Å². The van der Waals surface area contributed by atoms with Gasteiger partial charge in [-0.2, -0.15) is 0 Å². The highest BCUT2D eigenvalue weighted by Crippen LogP contribution is 2.35. The Morgan fingerprint density at radius 2 is 1.68 bits per heavy atom. The molecular weight excluding hydrogens is 414 g/mol. The van der Waals surface area contributed by atoms with Crippen LogP contribution < -0.4 is 4.90 Å². The summed E-state index contributed by atoms with van der Waals surface area (Å²) in [6.07, 6.45) is 8.00. The quantitative estimate of drug-likeness (QED) is 0.382. The van der Waals surface area contributed by atoms with Gasteiger partial charge in [-0.05, 0) is 72.6 Å². The van der Waals surface area contributed by atoms with Crippen molar-refractivity contribution in [3.05, 3.63) is 70.9 Å². The van der Waals surface area contributed by atoms with E-state index in [1.54, 1.807) is 0 Å². The van der Waals surface area contributed by atoms with Crippen molar-refractivity contribution in [2.75, 3.05) is 25.0 Å². The Labute approximate surface area is 205 Å². The summed E-state index contributed by atoms with van der Waals surface area (Å²) in [5.74, 6) is 3.17. The Morgan fingerprint density at radius 1 is 0.941 bits per heavy atom. The predicted molar refractivity (Wildman–Crippen MR) is 145 cm³/mol. The van der Waals surface area contributed by atoms with Crippen molar-refractivity contribution < 1.29 is 0 Å². The minimum absolute atomic E-state index is 0.682. The molecule has 2 aromatic carbocycles. The van der Waals surface area contributed by atoms with E-state index >= 15 is 0 Å². The first-order valence-electron chi connectivity index (χ1n) is 13.3. The molecule has 1 saturated heterocycles. The van der Waals surface area contributed by atoms with Crippen molar-refractivity contribution in [2.45, 2.75) is 65.2 Å². The largest absolute Gasteiger partial charge is 0.356 e. The third-order valence-electron chi connectivity index (χ3n) is 7.95. The van der Waals surface area contributed by atoms with Crippen LogP contribution in [0.5, 0.6) is 0 Å². The van der Waals surface area contributed by atoms with Crippen molar-refractivity contribution in [3.8, 4) is 0 Å². The van der Waals surface area contributed by atoms with E-state index in [4.69, 9.17) is 9.98 Å². The fourth-order valence-corrected chi connectivity index (χ4v) is 6.34. The number of nitrogens with zero attached hydrogens (tertiary/aromatic N) is 3. The normalized spacial score (nSPS) is 22.4. The number of pyridine rings is 1. The summed E-state index contributed by atoms with van der Waals surface area (Å²) in [5.41, 5.74) is 5.99. The number of aryl methyl sites for hydroxylation is 1. The lowest BCUT2D eigenvalue weighted by Gasteiger charge is -2.36. The van der Waals surface area contributed by atoms with Gasteiger partial charge in [-0.3, -0.25) is 4.99 Å². The first kappa shape index (κ1) is 23.1. The molecule has 178 valence electrons. The number of anilines is 1. The molecule has 2 atom stereocenters. The molecule has 3 heteroatoms. The minimum atomic E-state index is 0.682. The zero-order valence-corrected chi connectivity index (χ0v) is 21.3. The lowest BCUT2D eigenvalue weighted by molar-refractivity contribution is 0.356. The van der Waals surface area contributed by atoms with Gasteiger partial charge in [0.25, 0.3) is 0 Å². The number of benzene rings is 2. The molecule has 34 heavy (non-hydrogen) atoms. The summed E-state index contributed by atoms with van der Waals surface area (Å²) in [6.45, 7) is 9.09. The number of fused-ring (bicyclic) bond motifs is 1. The highest BCUT2D eigenvalue weighted by atomic mass is 15.2. The number of aromatic nitrogens is 1. The predicted octanol–water partition coefficient (Wildman–Crippen LogP) is 7.54. The second-order valence-electron chi connectivity index (χ2n) is 10.9. The van der Waals surface area contributed by atoms with Crippen LogP contribution in [0.4, 0.5) is 5.82 Å². The molecule has 2 aliphatic rings. The fraction of sp³-hybridized carbons (Fsp3) is 0.484. The second kappa shape index (κ2) is 9.90. The first-order valence-corrected chi connectivity index (χ1v) is 13.3. The molecule has 0 spiro atoms. The van der Waals surface area contributed by atoms with Crippen LogP contribution in [0, 0.1) is 18.8 Å². The molecule has 0 N–H and O–H groups in total. The summed E-state index contributed by atoms with van der Waals surface area (Å²) in [4.78, 5) is 12.7. The van der Waals surface area contributed by atoms with E-state index in [9.17, 15) is 0 Å². The minimum Gasteiger partial charge on any atom is -0.356 e. The maximum Gasteiger partial charge on any atom is 0.137 e. The van der Waals surface area contributed by atoms with Crippen LogP contribution in [-0.2, 0) is 0 Å². The topological polar surface area (TPSA) is 28.5 Å². The third kappa shape index (κ3) is 4.62. The highest BCUT2D eigenvalue weighted by molar-refractivity contribution is 6.14. The second-order valence-corrected chi connectivity index (χ2v) is 10.9. The van der Waals surface area contributed by atoms with Crippen molar-refractivity contribution in [3.63, 3.8) is 0 Å². The van der Waals surface area contributed by atoms with Gasteiger partial charge in [-0.15, -0.1) is 0 Å². The van der Waals surface area contributed by atoms with Crippen molar-refractivity contribution in [1.29, 1.82) is 0 Å². The van der Waals surface area contributed by atoms with Gasteiger partial charge in [0.1, 0.15) is 5.82 Å². The number of hydrogen-bond acceptors (Lipinski definition) is 3. The van der Waals surface area contributed by atoms with Crippen LogP contribution in [-0.4, -0.2) is 30.8 Å². The van der Waals surface area contributed by atoms with Crippen molar-refractivity contribution in [1.82, 2.24) is 4.98 Å². The van der Waals surface area contributed by atoms with Crippen LogP contribution in [0.2, 0.25) is 0 Å². The molecule has 0 radical (unpaired) electrons. The molecule has 0 unspecified atom stereocenters. The van der Waals surface area contributed by atoms with E-state index < -0.39 is 0 Å². The Balaban J connectivity index is 1.59. The highest BCUT2D eigenvalue weighted by Gasteiger charge is 2.25. The summed E-state index contributed by atoms with van der Waals surface area (Å²) in [7, 11) is 1.92. The van der Waals surface area contributed by atoms with Gasteiger partial charge in [-0.25, -0.2) is 4.98 Å². The zero-order valence-electron chi connectivity index (χ0n) is 21.3. The number of rotatable bonds is 4. The van der Waals surface area contributed by atoms with E-state index in [0.29, 0.717) is 17.8 Å². The SMILES string of the molecule is CN=C(c1cc2ccccc2c(N2C[C@H](C)C[C@H](C)C2)n1)c1cc(C2CCCCC2)ccc1C. The average Bonchev–Trinajstić information content (AvgIpc) is 2.85. The molecule has 1 aromatic heterocycles. The van der Waals surface area contributed by atoms with Crippen LogP contribution >= 0.6 is 0 Å². The van der Waals surface area contributed by atoms with Crippen LogP contribution in [0.1, 0.15) is 80.7 Å². The molecule has 0 amide bonds. The van der Waals surface area contributed by atoms with E-state index in [1.165, 1.54) is 66.0 Å². The fourth-order valence-electron chi connectivity index (χ4n) is 6.34. The lowest BCUT2D eigenvalue weighted by atomic mass is 9.82. The van der Waals surface area contributed by atoms with Gasteiger partial charge in [0, 0.05) is 31.1 Å². The maximum atomic E-state index is 5.32. The molecule has 2 heterocycles. The lowest BCUT2D eigenvalue weighted by Crippen LogP contribution is -2.39. The molecule has 1 saturated carbocycles. The summed E-state index contributed by atoms with van der Waals surface area (Å²) in [6, 6.07) is 18.0. The van der Waals surface area contributed by atoms with Crippen molar-refractivity contribution in [2.24, 2.45) is 16.8 Å². The maximum absolute atomic E-state index is 5.32. The number of hydrogen-bond donors (Lipinski definition) is 0. The Kier molecular flexibility index (Phi) is 6.72. The molecule has 3 aromatic rings. The zero-order chi connectivity index (χ0) is 23.7. The van der Waals surface area contributed by atoms with E-state index in [2.05, 4.69) is 74.2 Å². The summed E-state index contributed by atoms with van der Waals surface area (Å²) >= 11 is 0. The van der Waals surface area contributed by atoms with E-state index in [0.717, 1.165) is 30.3 Å². The molecule has 1 aliphatic heterocycles. The monoisotopic (exact) mass is 453 g/mol. The smallest absolute Gasteiger partial charge is 0.137 e. The van der Waals surface area contributed by atoms with Crippen LogP contribution in [0.15, 0.2) is 53.5 Å². The van der Waals surface area contributed by atoms with Gasteiger partial charge in [-0.1, -0.05) is 69.5 Å². The van der Waals surface area contributed by atoms with Gasteiger partial charge in [0.15, 0.2) is 0 Å². The Morgan fingerprint density at radius 3 is 2.41 bits per heavy atom. The third-order valence-corrected chi connectivity index (χ3v) is 7.95. The van der Waals surface area contributed by atoms with Crippen LogP contribution in [0.25, 0.3) is 10.8 Å². The van der Waals surface area contributed by atoms with Gasteiger partial charge < -0.3 is 4.90 Å². The molecule has 0 bridgehead atoms. The van der Waals surface area contributed by atoms with Gasteiger partial charge >= 0.3 is 0 Å². The molecule has 2 fully saturated rings. The Hall–Kier alpha value is -2.68. The van der Waals surface area contributed by atoms with Crippen molar-refractivity contribution >= 4 is 22.3 Å². The molecule has 1 aliphatic carbocycles. The van der Waals surface area contributed by atoms with E-state index in [-0.39, 0.29) is 0 Å². The van der Waals surface area contributed by atoms with Gasteiger partial charge in [0.05, 0.1) is 11.4 Å². The summed E-state index contributed by atoms with van der Waals surface area (Å²) in [5, 5.41) is 2.49. The van der Waals surface area contributed by atoms with E-state index in [1.807, 2.05) is 7.05 Å². The molecule has 3 nitrogen and oxygen atoms in total. The summed E-state index contributed by atoms with van der Waals surface area (Å²) < 4.78 is 0.